The minimum absolute atomic E-state index is 0.0442. The van der Waals surface area contributed by atoms with E-state index in [1.54, 1.807) is 40.3 Å². The second-order valence-electron chi connectivity index (χ2n) is 7.61. The van der Waals surface area contributed by atoms with Crippen molar-refractivity contribution in [1.82, 2.24) is 14.8 Å². The number of hydrogen-bond donors (Lipinski definition) is 2. The highest BCUT2D eigenvalue weighted by Crippen LogP contribution is 2.25. The normalized spacial score (nSPS) is 13.6. The standard InChI is InChI=1S/C22H26Cl2N4O3/c1-2-7-27(14-21(30)26-18-6-5-16(23)11-17(18)24)13-20(29)15-10-19(25-12-15)22(31)28-8-3-4-9-28/h5-6,10-12,25H,2-4,7-9,13-14H2,1H3,(H,26,30). The van der Waals surface area contributed by atoms with Crippen molar-refractivity contribution in [2.24, 2.45) is 0 Å². The van der Waals surface area contributed by atoms with Gasteiger partial charge in [0.2, 0.25) is 5.91 Å². The molecular formula is C22H26Cl2N4O3. The van der Waals surface area contributed by atoms with E-state index in [-0.39, 0.29) is 30.7 Å². The van der Waals surface area contributed by atoms with Gasteiger partial charge >= 0.3 is 0 Å². The van der Waals surface area contributed by atoms with E-state index < -0.39 is 0 Å². The number of nitrogens with zero attached hydrogens (tertiary/aromatic N) is 2. The van der Waals surface area contributed by atoms with Crippen molar-refractivity contribution in [2.45, 2.75) is 26.2 Å². The molecule has 9 heteroatoms. The number of ketones is 1. The fraction of sp³-hybridized carbons (Fsp3) is 0.409. The minimum atomic E-state index is -0.274. The molecule has 1 aromatic carbocycles. The van der Waals surface area contributed by atoms with Gasteiger partial charge in [0.1, 0.15) is 5.69 Å². The highest BCUT2D eigenvalue weighted by atomic mass is 35.5. The van der Waals surface area contributed by atoms with Crippen LogP contribution in [-0.4, -0.2) is 65.1 Å². The Labute approximate surface area is 191 Å². The number of carbonyl (C=O) groups excluding carboxylic acids is 3. The number of amides is 2. The number of aromatic nitrogens is 1. The summed E-state index contributed by atoms with van der Waals surface area (Å²) in [5.74, 6) is -0.506. The van der Waals surface area contributed by atoms with E-state index >= 15 is 0 Å². The average molecular weight is 465 g/mol. The van der Waals surface area contributed by atoms with Gasteiger partial charge in [0.25, 0.3) is 5.91 Å². The van der Waals surface area contributed by atoms with Gasteiger partial charge in [-0.1, -0.05) is 30.1 Å². The van der Waals surface area contributed by atoms with E-state index in [1.165, 1.54) is 0 Å². The Morgan fingerprint density at radius 2 is 1.87 bits per heavy atom. The van der Waals surface area contributed by atoms with Crippen molar-refractivity contribution >= 4 is 46.5 Å². The molecule has 2 amide bonds. The number of anilines is 1. The topological polar surface area (TPSA) is 85.5 Å². The van der Waals surface area contributed by atoms with Crippen molar-refractivity contribution in [3.8, 4) is 0 Å². The zero-order valence-corrected chi connectivity index (χ0v) is 18.9. The van der Waals surface area contributed by atoms with Crippen LogP contribution in [0.2, 0.25) is 10.0 Å². The average Bonchev–Trinajstić information content (AvgIpc) is 3.42. The van der Waals surface area contributed by atoms with Gasteiger partial charge in [-0.25, -0.2) is 0 Å². The van der Waals surface area contributed by atoms with Crippen LogP contribution in [0.25, 0.3) is 0 Å². The third-order valence-corrected chi connectivity index (χ3v) is 5.66. The highest BCUT2D eigenvalue weighted by Gasteiger charge is 2.22. The third-order valence-electron chi connectivity index (χ3n) is 5.11. The predicted molar refractivity (Wildman–Crippen MR) is 122 cm³/mol. The monoisotopic (exact) mass is 464 g/mol. The van der Waals surface area contributed by atoms with E-state index in [4.69, 9.17) is 23.2 Å². The van der Waals surface area contributed by atoms with Gasteiger partial charge in [0.05, 0.1) is 23.8 Å². The van der Waals surface area contributed by atoms with Crippen LogP contribution in [0.3, 0.4) is 0 Å². The highest BCUT2D eigenvalue weighted by molar-refractivity contribution is 6.36. The number of carbonyl (C=O) groups is 3. The fourth-order valence-electron chi connectivity index (χ4n) is 3.58. The van der Waals surface area contributed by atoms with Crippen molar-refractivity contribution in [3.05, 3.63) is 51.8 Å². The van der Waals surface area contributed by atoms with Crippen molar-refractivity contribution in [3.63, 3.8) is 0 Å². The number of likely N-dealkylation sites (tertiary alicyclic amines) is 1. The number of benzene rings is 1. The summed E-state index contributed by atoms with van der Waals surface area (Å²) in [4.78, 5) is 44.2. The number of hydrogen-bond acceptors (Lipinski definition) is 4. The van der Waals surface area contributed by atoms with Crippen LogP contribution in [0.1, 0.15) is 47.0 Å². The molecule has 0 saturated carbocycles. The quantitative estimate of drug-likeness (QED) is 0.547. The molecule has 3 rings (SSSR count). The Bertz CT molecular complexity index is 954. The Hall–Kier alpha value is -2.35. The van der Waals surface area contributed by atoms with Gasteiger partial charge in [0, 0.05) is 29.9 Å². The molecule has 2 N–H and O–H groups in total. The number of H-pyrrole nitrogens is 1. The molecule has 1 aromatic heterocycles. The first kappa shape index (κ1) is 23.3. The summed E-state index contributed by atoms with van der Waals surface area (Å²) in [6.07, 6.45) is 4.36. The molecule has 0 atom stereocenters. The molecule has 2 heterocycles. The Morgan fingerprint density at radius 3 is 2.55 bits per heavy atom. The van der Waals surface area contributed by atoms with E-state index in [0.717, 1.165) is 32.4 Å². The van der Waals surface area contributed by atoms with Gasteiger partial charge in [-0.05, 0) is 50.1 Å². The number of aromatic amines is 1. The summed E-state index contributed by atoms with van der Waals surface area (Å²) >= 11 is 12.0. The first-order valence-electron chi connectivity index (χ1n) is 10.4. The summed E-state index contributed by atoms with van der Waals surface area (Å²) in [5.41, 5.74) is 1.32. The van der Waals surface area contributed by atoms with E-state index in [2.05, 4.69) is 10.3 Å². The van der Waals surface area contributed by atoms with Crippen LogP contribution in [-0.2, 0) is 4.79 Å². The maximum absolute atomic E-state index is 12.8. The molecule has 2 aromatic rings. The summed E-state index contributed by atoms with van der Waals surface area (Å²) in [7, 11) is 0. The van der Waals surface area contributed by atoms with Crippen LogP contribution in [0.4, 0.5) is 5.69 Å². The van der Waals surface area contributed by atoms with Crippen LogP contribution < -0.4 is 5.32 Å². The molecule has 1 aliphatic rings. The Balaban J connectivity index is 1.59. The SMILES string of the molecule is CCCN(CC(=O)Nc1ccc(Cl)cc1Cl)CC(=O)c1c[nH]c(C(=O)N2CCCC2)c1. The maximum atomic E-state index is 12.8. The molecule has 1 aliphatic heterocycles. The summed E-state index contributed by atoms with van der Waals surface area (Å²) in [6, 6.07) is 6.43. The van der Waals surface area contributed by atoms with Gasteiger partial charge in [-0.3, -0.25) is 19.3 Å². The third kappa shape index (κ3) is 6.32. The van der Waals surface area contributed by atoms with Crippen LogP contribution in [0.15, 0.2) is 30.5 Å². The fourth-order valence-corrected chi connectivity index (χ4v) is 4.03. The molecule has 1 saturated heterocycles. The van der Waals surface area contributed by atoms with Gasteiger partial charge < -0.3 is 15.2 Å². The lowest BCUT2D eigenvalue weighted by Crippen LogP contribution is -2.37. The Morgan fingerprint density at radius 1 is 1.13 bits per heavy atom. The van der Waals surface area contributed by atoms with E-state index in [1.807, 2.05) is 6.92 Å². The molecule has 166 valence electrons. The molecule has 0 unspecified atom stereocenters. The van der Waals surface area contributed by atoms with Crippen LogP contribution in [0, 0.1) is 0 Å². The smallest absolute Gasteiger partial charge is 0.270 e. The molecule has 0 spiro atoms. The van der Waals surface area contributed by atoms with Gasteiger partial charge in [-0.15, -0.1) is 0 Å². The lowest BCUT2D eigenvalue weighted by atomic mass is 10.2. The number of Topliss-reactive ketones (excluding diaryl/α,β-unsaturated/α-hetero) is 1. The zero-order chi connectivity index (χ0) is 22.4. The van der Waals surface area contributed by atoms with E-state index in [9.17, 15) is 14.4 Å². The molecule has 0 aliphatic carbocycles. The first-order valence-corrected chi connectivity index (χ1v) is 11.1. The van der Waals surface area contributed by atoms with Gasteiger partial charge in [0.15, 0.2) is 5.78 Å². The molecule has 0 radical (unpaired) electrons. The van der Waals surface area contributed by atoms with Gasteiger partial charge in [-0.2, -0.15) is 0 Å². The lowest BCUT2D eigenvalue weighted by Gasteiger charge is -2.20. The predicted octanol–water partition coefficient (Wildman–Crippen LogP) is 4.09. The second kappa shape index (κ2) is 10.8. The molecule has 31 heavy (non-hydrogen) atoms. The lowest BCUT2D eigenvalue weighted by molar-refractivity contribution is -0.117. The van der Waals surface area contributed by atoms with E-state index in [0.29, 0.717) is 33.5 Å². The summed E-state index contributed by atoms with van der Waals surface area (Å²) in [6.45, 7) is 4.18. The van der Waals surface area contributed by atoms with Crippen LogP contribution >= 0.6 is 23.2 Å². The first-order chi connectivity index (χ1) is 14.9. The largest absolute Gasteiger partial charge is 0.356 e. The Kier molecular flexibility index (Phi) is 8.12. The molecule has 7 nitrogen and oxygen atoms in total. The van der Waals surface area contributed by atoms with Crippen molar-refractivity contribution < 1.29 is 14.4 Å². The molecule has 1 fully saturated rings. The number of halogens is 2. The zero-order valence-electron chi connectivity index (χ0n) is 17.4. The second-order valence-corrected chi connectivity index (χ2v) is 8.45. The minimum Gasteiger partial charge on any atom is -0.356 e. The number of rotatable bonds is 9. The summed E-state index contributed by atoms with van der Waals surface area (Å²) in [5, 5.41) is 3.58. The summed E-state index contributed by atoms with van der Waals surface area (Å²) < 4.78 is 0. The maximum Gasteiger partial charge on any atom is 0.270 e. The molecular weight excluding hydrogens is 439 g/mol. The van der Waals surface area contributed by atoms with Crippen molar-refractivity contribution in [1.29, 1.82) is 0 Å². The number of nitrogens with one attached hydrogen (secondary N) is 2. The molecule has 0 bridgehead atoms. The van der Waals surface area contributed by atoms with Crippen molar-refractivity contribution in [2.75, 3.05) is 38.0 Å². The van der Waals surface area contributed by atoms with Crippen LogP contribution in [0.5, 0.6) is 0 Å².